The maximum atomic E-state index is 5.72. The first-order valence-corrected chi connectivity index (χ1v) is 7.37. The van der Waals surface area contributed by atoms with Crippen molar-refractivity contribution in [2.75, 3.05) is 19.7 Å². The molecule has 0 atom stereocenters. The molecule has 0 spiro atoms. The molecule has 0 radical (unpaired) electrons. The van der Waals surface area contributed by atoms with E-state index in [0.29, 0.717) is 5.41 Å². The van der Waals surface area contributed by atoms with Gasteiger partial charge in [-0.1, -0.05) is 52.0 Å². The van der Waals surface area contributed by atoms with Crippen LogP contribution >= 0.6 is 0 Å². The molecule has 2 nitrogen and oxygen atoms in total. The molecule has 1 rings (SSSR count). The average molecular weight is 263 g/mol. The molecule has 0 saturated carbocycles. The lowest BCUT2D eigenvalue weighted by atomic mass is 9.93. The fourth-order valence-corrected chi connectivity index (χ4v) is 1.78. The Morgan fingerprint density at radius 2 is 1.68 bits per heavy atom. The first kappa shape index (κ1) is 16.2. The smallest absolute Gasteiger partial charge is 0.0716 e. The van der Waals surface area contributed by atoms with Crippen LogP contribution in [0.2, 0.25) is 0 Å². The molecule has 0 amide bonds. The van der Waals surface area contributed by atoms with E-state index in [0.717, 1.165) is 39.1 Å². The van der Waals surface area contributed by atoms with Gasteiger partial charge in [0.25, 0.3) is 0 Å². The number of nitrogens with one attached hydrogen (secondary N) is 1. The molecule has 2 heteroatoms. The third-order valence-electron chi connectivity index (χ3n) is 3.13. The van der Waals surface area contributed by atoms with Crippen LogP contribution in [0.15, 0.2) is 24.3 Å². The zero-order valence-corrected chi connectivity index (χ0v) is 13.0. The quantitative estimate of drug-likeness (QED) is 0.720. The normalized spacial score (nSPS) is 11.8. The highest BCUT2D eigenvalue weighted by Crippen LogP contribution is 2.18. The highest BCUT2D eigenvalue weighted by molar-refractivity contribution is 5.22. The summed E-state index contributed by atoms with van der Waals surface area (Å²) in [6.07, 6.45) is 2.20. The summed E-state index contributed by atoms with van der Waals surface area (Å²) in [5.41, 5.74) is 3.01. The van der Waals surface area contributed by atoms with Crippen LogP contribution in [0.1, 0.15) is 45.2 Å². The third kappa shape index (κ3) is 8.02. The van der Waals surface area contributed by atoms with E-state index in [-0.39, 0.29) is 0 Å². The van der Waals surface area contributed by atoms with E-state index in [9.17, 15) is 0 Å². The zero-order chi connectivity index (χ0) is 14.1. The van der Waals surface area contributed by atoms with E-state index in [4.69, 9.17) is 4.74 Å². The van der Waals surface area contributed by atoms with Gasteiger partial charge in [0.1, 0.15) is 0 Å². The SMILES string of the molecule is CCNCCc1ccc(COCCC(C)(C)C)cc1. The van der Waals surface area contributed by atoms with Crippen molar-refractivity contribution in [3.63, 3.8) is 0 Å². The molecule has 0 unspecified atom stereocenters. The van der Waals surface area contributed by atoms with Crippen LogP contribution < -0.4 is 5.32 Å². The molecule has 1 aromatic rings. The molecule has 0 aliphatic heterocycles. The Morgan fingerprint density at radius 1 is 1.05 bits per heavy atom. The van der Waals surface area contributed by atoms with Crippen molar-refractivity contribution >= 4 is 0 Å². The van der Waals surface area contributed by atoms with Gasteiger partial charge < -0.3 is 10.1 Å². The molecule has 0 aliphatic carbocycles. The number of hydrogen-bond acceptors (Lipinski definition) is 2. The van der Waals surface area contributed by atoms with Crippen LogP contribution in [-0.4, -0.2) is 19.7 Å². The molecular formula is C17H29NO. The maximum absolute atomic E-state index is 5.72. The predicted octanol–water partition coefficient (Wildman–Crippen LogP) is 3.79. The first-order chi connectivity index (χ1) is 9.01. The summed E-state index contributed by atoms with van der Waals surface area (Å²) < 4.78 is 5.72. The van der Waals surface area contributed by atoms with Gasteiger partial charge >= 0.3 is 0 Å². The molecule has 0 saturated heterocycles. The van der Waals surface area contributed by atoms with Gasteiger partial charge in [-0.15, -0.1) is 0 Å². The van der Waals surface area contributed by atoms with Crippen LogP contribution in [0.3, 0.4) is 0 Å². The lowest BCUT2D eigenvalue weighted by Crippen LogP contribution is -2.15. The molecule has 0 aliphatic rings. The average Bonchev–Trinajstić information content (AvgIpc) is 2.36. The van der Waals surface area contributed by atoms with Gasteiger partial charge in [-0.3, -0.25) is 0 Å². The van der Waals surface area contributed by atoms with E-state index in [1.807, 2.05) is 0 Å². The zero-order valence-electron chi connectivity index (χ0n) is 13.0. The lowest BCUT2D eigenvalue weighted by molar-refractivity contribution is 0.0962. The topological polar surface area (TPSA) is 21.3 Å². The van der Waals surface area contributed by atoms with Crippen molar-refractivity contribution in [3.05, 3.63) is 35.4 Å². The van der Waals surface area contributed by atoms with Gasteiger partial charge in [0.05, 0.1) is 6.61 Å². The van der Waals surface area contributed by atoms with Gasteiger partial charge in [0, 0.05) is 6.61 Å². The van der Waals surface area contributed by atoms with E-state index >= 15 is 0 Å². The fraction of sp³-hybridized carbons (Fsp3) is 0.647. The van der Waals surface area contributed by atoms with E-state index in [1.54, 1.807) is 0 Å². The second-order valence-electron chi connectivity index (χ2n) is 6.28. The van der Waals surface area contributed by atoms with E-state index < -0.39 is 0 Å². The molecule has 1 aromatic carbocycles. The Bertz CT molecular complexity index is 337. The van der Waals surface area contributed by atoms with Crippen LogP contribution in [0.25, 0.3) is 0 Å². The predicted molar refractivity (Wildman–Crippen MR) is 82.4 cm³/mol. The van der Waals surface area contributed by atoms with E-state index in [1.165, 1.54) is 11.1 Å². The summed E-state index contributed by atoms with van der Waals surface area (Å²) in [5, 5.41) is 3.34. The maximum Gasteiger partial charge on any atom is 0.0716 e. The number of rotatable bonds is 8. The third-order valence-corrected chi connectivity index (χ3v) is 3.13. The van der Waals surface area contributed by atoms with Crippen molar-refractivity contribution in [3.8, 4) is 0 Å². The van der Waals surface area contributed by atoms with Crippen molar-refractivity contribution in [2.24, 2.45) is 5.41 Å². The second-order valence-corrected chi connectivity index (χ2v) is 6.28. The molecular weight excluding hydrogens is 234 g/mol. The van der Waals surface area contributed by atoms with Gasteiger partial charge in [0.15, 0.2) is 0 Å². The summed E-state index contributed by atoms with van der Waals surface area (Å²) in [7, 11) is 0. The highest BCUT2D eigenvalue weighted by Gasteiger charge is 2.09. The van der Waals surface area contributed by atoms with Crippen LogP contribution in [0.4, 0.5) is 0 Å². The Hall–Kier alpha value is -0.860. The van der Waals surface area contributed by atoms with Gasteiger partial charge in [-0.05, 0) is 42.5 Å². The highest BCUT2D eigenvalue weighted by atomic mass is 16.5. The van der Waals surface area contributed by atoms with Crippen molar-refractivity contribution in [1.29, 1.82) is 0 Å². The molecule has 1 N–H and O–H groups in total. The molecule has 0 fully saturated rings. The molecule has 0 bridgehead atoms. The summed E-state index contributed by atoms with van der Waals surface area (Å²) >= 11 is 0. The largest absolute Gasteiger partial charge is 0.377 e. The number of hydrogen-bond donors (Lipinski definition) is 1. The summed E-state index contributed by atoms with van der Waals surface area (Å²) in [6.45, 7) is 12.5. The van der Waals surface area contributed by atoms with Crippen LogP contribution in [0.5, 0.6) is 0 Å². The van der Waals surface area contributed by atoms with Crippen molar-refractivity contribution in [2.45, 2.75) is 47.1 Å². The van der Waals surface area contributed by atoms with Gasteiger partial charge in [0.2, 0.25) is 0 Å². The van der Waals surface area contributed by atoms with Crippen molar-refractivity contribution < 1.29 is 4.74 Å². The van der Waals surface area contributed by atoms with Gasteiger partial charge in [-0.2, -0.15) is 0 Å². The second kappa shape index (κ2) is 8.34. The minimum absolute atomic E-state index is 0.357. The standard InChI is InChI=1S/C17H29NO/c1-5-18-12-10-15-6-8-16(9-7-15)14-19-13-11-17(2,3)4/h6-9,18H,5,10-14H2,1-4H3. The lowest BCUT2D eigenvalue weighted by Gasteiger charge is -2.17. The first-order valence-electron chi connectivity index (χ1n) is 7.37. The molecule has 0 heterocycles. The summed E-state index contributed by atoms with van der Waals surface area (Å²) in [4.78, 5) is 0. The monoisotopic (exact) mass is 263 g/mol. The summed E-state index contributed by atoms with van der Waals surface area (Å²) in [6, 6.07) is 8.77. The summed E-state index contributed by atoms with van der Waals surface area (Å²) in [5.74, 6) is 0. The molecule has 108 valence electrons. The van der Waals surface area contributed by atoms with Crippen LogP contribution in [-0.2, 0) is 17.8 Å². The van der Waals surface area contributed by atoms with Crippen molar-refractivity contribution in [1.82, 2.24) is 5.32 Å². The van der Waals surface area contributed by atoms with Gasteiger partial charge in [-0.25, -0.2) is 0 Å². The Labute approximate surface area is 118 Å². The molecule has 19 heavy (non-hydrogen) atoms. The minimum Gasteiger partial charge on any atom is -0.377 e. The number of ether oxygens (including phenoxy) is 1. The molecule has 0 aromatic heterocycles. The number of likely N-dealkylation sites (N-methyl/N-ethyl adjacent to an activating group) is 1. The van der Waals surface area contributed by atoms with E-state index in [2.05, 4.69) is 57.3 Å². The Morgan fingerprint density at radius 3 is 2.26 bits per heavy atom. The van der Waals surface area contributed by atoms with Crippen LogP contribution in [0, 0.1) is 5.41 Å². The minimum atomic E-state index is 0.357. The Balaban J connectivity index is 2.24. The fourth-order valence-electron chi connectivity index (χ4n) is 1.78. The Kier molecular flexibility index (Phi) is 7.11. The number of benzene rings is 1.